The Morgan fingerprint density at radius 3 is 2.84 bits per heavy atom. The highest BCUT2D eigenvalue weighted by Crippen LogP contribution is 2.13. The average molecular weight is 284 g/mol. The fourth-order valence-electron chi connectivity index (χ4n) is 2.08. The van der Waals surface area contributed by atoms with Crippen molar-refractivity contribution in [2.45, 2.75) is 32.6 Å². The number of phenolic OH excluding ortho intramolecular Hbond substituents is 1. The Morgan fingerprint density at radius 2 is 2.21 bits per heavy atom. The Hall–Kier alpha value is -1.22. The van der Waals surface area contributed by atoms with Gasteiger partial charge < -0.3 is 10.4 Å². The van der Waals surface area contributed by atoms with Gasteiger partial charge in [0.25, 0.3) is 0 Å². The zero-order chi connectivity index (χ0) is 14.1. The van der Waals surface area contributed by atoms with Crippen molar-refractivity contribution in [3.63, 3.8) is 0 Å². The Labute approximate surface area is 120 Å². The molecular formula is C15H22ClNO2. The molecule has 4 heteroatoms. The summed E-state index contributed by atoms with van der Waals surface area (Å²) in [6, 6.07) is 6.79. The topological polar surface area (TPSA) is 49.3 Å². The molecule has 0 heterocycles. The maximum atomic E-state index is 11.8. The minimum absolute atomic E-state index is 0.0127. The van der Waals surface area contributed by atoms with Gasteiger partial charge in [0.05, 0.1) is 6.42 Å². The molecule has 1 amide bonds. The summed E-state index contributed by atoms with van der Waals surface area (Å²) in [5, 5.41) is 12.3. The molecule has 0 aliphatic rings. The van der Waals surface area contributed by atoms with Crippen LogP contribution in [0.1, 0.15) is 31.7 Å². The van der Waals surface area contributed by atoms with Gasteiger partial charge in [-0.3, -0.25) is 4.79 Å². The summed E-state index contributed by atoms with van der Waals surface area (Å²) in [4.78, 5) is 11.8. The largest absolute Gasteiger partial charge is 0.508 e. The molecule has 1 rings (SSSR count). The summed E-state index contributed by atoms with van der Waals surface area (Å²) in [6.45, 7) is 2.81. The highest BCUT2D eigenvalue weighted by atomic mass is 35.5. The van der Waals surface area contributed by atoms with E-state index in [9.17, 15) is 9.90 Å². The number of carbonyl (C=O) groups excluding carboxylic acids is 1. The van der Waals surface area contributed by atoms with Crippen LogP contribution in [0.3, 0.4) is 0 Å². The summed E-state index contributed by atoms with van der Waals surface area (Å²) in [6.07, 6.45) is 3.42. The lowest BCUT2D eigenvalue weighted by molar-refractivity contribution is -0.120. The number of carbonyl (C=O) groups is 1. The lowest BCUT2D eigenvalue weighted by atomic mass is 10.0. The van der Waals surface area contributed by atoms with E-state index in [4.69, 9.17) is 11.6 Å². The normalized spacial score (nSPS) is 12.1. The number of hydrogen-bond acceptors (Lipinski definition) is 2. The molecule has 19 heavy (non-hydrogen) atoms. The van der Waals surface area contributed by atoms with E-state index in [-0.39, 0.29) is 11.7 Å². The quantitative estimate of drug-likeness (QED) is 0.720. The molecule has 0 saturated carbocycles. The molecule has 0 spiro atoms. The number of aromatic hydroxyl groups is 1. The van der Waals surface area contributed by atoms with Crippen LogP contribution in [0.25, 0.3) is 0 Å². The number of hydrogen-bond donors (Lipinski definition) is 2. The zero-order valence-electron chi connectivity index (χ0n) is 11.4. The van der Waals surface area contributed by atoms with Gasteiger partial charge in [0, 0.05) is 12.4 Å². The lowest BCUT2D eigenvalue weighted by Crippen LogP contribution is -2.30. The Bertz CT molecular complexity index is 389. The number of rotatable bonds is 8. The first-order valence-electron chi connectivity index (χ1n) is 6.76. The van der Waals surface area contributed by atoms with E-state index < -0.39 is 0 Å². The maximum absolute atomic E-state index is 11.8. The number of phenols is 1. The molecular weight excluding hydrogens is 262 g/mol. The van der Waals surface area contributed by atoms with E-state index in [0.717, 1.165) is 24.8 Å². The minimum atomic E-state index is -0.0127. The number of alkyl halides is 1. The van der Waals surface area contributed by atoms with Crippen molar-refractivity contribution in [3.05, 3.63) is 29.8 Å². The van der Waals surface area contributed by atoms with Gasteiger partial charge in [-0.15, -0.1) is 11.6 Å². The molecule has 3 nitrogen and oxygen atoms in total. The molecule has 1 aromatic carbocycles. The third-order valence-electron chi connectivity index (χ3n) is 3.08. The van der Waals surface area contributed by atoms with Crippen LogP contribution in [0.2, 0.25) is 0 Å². The van der Waals surface area contributed by atoms with Crippen LogP contribution in [0.4, 0.5) is 0 Å². The highest BCUT2D eigenvalue weighted by molar-refractivity contribution is 6.17. The maximum Gasteiger partial charge on any atom is 0.224 e. The number of nitrogens with one attached hydrogen (secondary N) is 1. The van der Waals surface area contributed by atoms with Crippen molar-refractivity contribution in [2.75, 3.05) is 12.4 Å². The van der Waals surface area contributed by atoms with Gasteiger partial charge in [0.15, 0.2) is 0 Å². The van der Waals surface area contributed by atoms with Gasteiger partial charge in [-0.25, -0.2) is 0 Å². The van der Waals surface area contributed by atoms with E-state index >= 15 is 0 Å². The van der Waals surface area contributed by atoms with Gasteiger partial charge in [-0.1, -0.05) is 25.5 Å². The van der Waals surface area contributed by atoms with E-state index in [1.54, 1.807) is 18.2 Å². The first-order valence-corrected chi connectivity index (χ1v) is 7.29. The van der Waals surface area contributed by atoms with E-state index in [0.29, 0.717) is 24.8 Å². The molecule has 106 valence electrons. The second kappa shape index (κ2) is 8.81. The summed E-state index contributed by atoms with van der Waals surface area (Å²) in [7, 11) is 0. The second-order valence-corrected chi connectivity index (χ2v) is 5.16. The van der Waals surface area contributed by atoms with Crippen molar-refractivity contribution >= 4 is 17.5 Å². The smallest absolute Gasteiger partial charge is 0.224 e. The standard InChI is InChI=1S/C15H22ClNO2/c1-2-4-12(7-8-16)11-17-15(19)10-13-5-3-6-14(18)9-13/h3,5-6,9,12,18H,2,4,7-8,10-11H2,1H3,(H,17,19). The van der Waals surface area contributed by atoms with Crippen LogP contribution in [0, 0.1) is 5.92 Å². The fourth-order valence-corrected chi connectivity index (χ4v) is 2.39. The molecule has 0 fully saturated rings. The lowest BCUT2D eigenvalue weighted by Gasteiger charge is -2.15. The monoisotopic (exact) mass is 283 g/mol. The Kier molecular flexibility index (Phi) is 7.34. The molecule has 1 aromatic rings. The van der Waals surface area contributed by atoms with Crippen molar-refractivity contribution in [3.8, 4) is 5.75 Å². The van der Waals surface area contributed by atoms with Crippen LogP contribution < -0.4 is 5.32 Å². The zero-order valence-corrected chi connectivity index (χ0v) is 12.1. The average Bonchev–Trinajstić information content (AvgIpc) is 2.36. The molecule has 1 unspecified atom stereocenters. The van der Waals surface area contributed by atoms with Crippen LogP contribution in [-0.2, 0) is 11.2 Å². The highest BCUT2D eigenvalue weighted by Gasteiger charge is 2.10. The van der Waals surface area contributed by atoms with Gasteiger partial charge in [0.2, 0.25) is 5.91 Å². The second-order valence-electron chi connectivity index (χ2n) is 4.78. The number of halogens is 1. The minimum Gasteiger partial charge on any atom is -0.508 e. The first-order chi connectivity index (χ1) is 9.15. The summed E-state index contributed by atoms with van der Waals surface area (Å²) in [5.41, 5.74) is 0.821. The van der Waals surface area contributed by atoms with Crippen LogP contribution in [0.15, 0.2) is 24.3 Å². The predicted octanol–water partition coefficient (Wildman–Crippen LogP) is 3.10. The molecule has 0 radical (unpaired) electrons. The van der Waals surface area contributed by atoms with Crippen molar-refractivity contribution in [1.29, 1.82) is 0 Å². The molecule has 1 atom stereocenters. The fraction of sp³-hybridized carbons (Fsp3) is 0.533. The van der Waals surface area contributed by atoms with Gasteiger partial charge in [-0.05, 0) is 36.5 Å². The van der Waals surface area contributed by atoms with Gasteiger partial charge >= 0.3 is 0 Å². The first kappa shape index (κ1) is 15.8. The Balaban J connectivity index is 2.38. The number of benzene rings is 1. The van der Waals surface area contributed by atoms with Crippen molar-refractivity contribution < 1.29 is 9.90 Å². The summed E-state index contributed by atoms with van der Waals surface area (Å²) in [5.74, 6) is 1.26. The van der Waals surface area contributed by atoms with Crippen LogP contribution in [0.5, 0.6) is 5.75 Å². The van der Waals surface area contributed by atoms with Gasteiger partial charge in [-0.2, -0.15) is 0 Å². The predicted molar refractivity (Wildman–Crippen MR) is 78.6 cm³/mol. The third kappa shape index (κ3) is 6.48. The van der Waals surface area contributed by atoms with Crippen LogP contribution in [-0.4, -0.2) is 23.4 Å². The van der Waals surface area contributed by atoms with E-state index in [1.807, 2.05) is 6.07 Å². The molecule has 0 aliphatic heterocycles. The molecule has 0 saturated heterocycles. The molecule has 2 N–H and O–H groups in total. The molecule has 0 bridgehead atoms. The van der Waals surface area contributed by atoms with Crippen molar-refractivity contribution in [1.82, 2.24) is 5.32 Å². The molecule has 0 aliphatic carbocycles. The van der Waals surface area contributed by atoms with Crippen LogP contribution >= 0.6 is 11.6 Å². The van der Waals surface area contributed by atoms with E-state index in [2.05, 4.69) is 12.2 Å². The SMILES string of the molecule is CCCC(CCCl)CNC(=O)Cc1cccc(O)c1. The third-order valence-corrected chi connectivity index (χ3v) is 3.30. The van der Waals surface area contributed by atoms with E-state index in [1.165, 1.54) is 0 Å². The van der Waals surface area contributed by atoms with Gasteiger partial charge in [0.1, 0.15) is 5.75 Å². The van der Waals surface area contributed by atoms with Crippen molar-refractivity contribution in [2.24, 2.45) is 5.92 Å². The summed E-state index contributed by atoms with van der Waals surface area (Å²) >= 11 is 5.75. The number of amides is 1. The molecule has 0 aromatic heterocycles. The Morgan fingerprint density at radius 1 is 1.42 bits per heavy atom. The summed E-state index contributed by atoms with van der Waals surface area (Å²) < 4.78 is 0.